The van der Waals surface area contributed by atoms with Gasteiger partial charge in [0.05, 0.1) is 5.69 Å². The van der Waals surface area contributed by atoms with E-state index in [1.54, 1.807) is 6.07 Å². The Morgan fingerprint density at radius 1 is 1.31 bits per heavy atom. The fraction of sp³-hybridized carbons (Fsp3) is 0.538. The van der Waals surface area contributed by atoms with E-state index >= 15 is 0 Å². The third-order valence-corrected chi connectivity index (χ3v) is 3.00. The number of hydrogen-bond donors (Lipinski definition) is 1. The van der Waals surface area contributed by atoms with Gasteiger partial charge in [-0.05, 0) is 39.4 Å². The molecular formula is C13H21FN2. The van der Waals surface area contributed by atoms with Crippen molar-refractivity contribution in [3.63, 3.8) is 0 Å². The van der Waals surface area contributed by atoms with Crippen molar-refractivity contribution < 1.29 is 4.39 Å². The lowest BCUT2D eigenvalue weighted by Crippen LogP contribution is -2.26. The Morgan fingerprint density at radius 2 is 1.94 bits per heavy atom. The molecule has 1 N–H and O–H groups in total. The van der Waals surface area contributed by atoms with Crippen LogP contribution in [0.2, 0.25) is 0 Å². The summed E-state index contributed by atoms with van der Waals surface area (Å²) in [5, 5.41) is 3.16. The van der Waals surface area contributed by atoms with Crippen LogP contribution in [-0.2, 0) is 0 Å². The molecule has 0 saturated heterocycles. The summed E-state index contributed by atoms with van der Waals surface area (Å²) in [5.74, 6) is -0.136. The number of rotatable bonds is 5. The van der Waals surface area contributed by atoms with E-state index in [4.69, 9.17) is 0 Å². The summed E-state index contributed by atoms with van der Waals surface area (Å²) in [6, 6.07) is 5.44. The molecule has 0 aliphatic heterocycles. The smallest absolute Gasteiger partial charge is 0.146 e. The summed E-state index contributed by atoms with van der Waals surface area (Å²) in [6.07, 6.45) is 0. The minimum atomic E-state index is -0.136. The van der Waals surface area contributed by atoms with Crippen molar-refractivity contribution in [2.24, 2.45) is 0 Å². The molecule has 0 bridgehead atoms. The molecule has 0 heterocycles. The molecule has 1 unspecified atom stereocenters. The third kappa shape index (κ3) is 2.53. The lowest BCUT2D eigenvalue weighted by molar-refractivity contribution is 0.600. The molecule has 16 heavy (non-hydrogen) atoms. The Kier molecular flexibility index (Phi) is 4.74. The zero-order chi connectivity index (χ0) is 12.1. The Bertz CT molecular complexity index is 335. The lowest BCUT2D eigenvalue weighted by atomic mass is 10.0. The standard InChI is InChI=1S/C13H21FN2/c1-5-16(6-2)13-11(10(3)15-4)8-7-9-12(13)14/h7-10,15H,5-6H2,1-4H3. The molecule has 2 nitrogen and oxygen atoms in total. The quantitative estimate of drug-likeness (QED) is 0.827. The monoisotopic (exact) mass is 224 g/mol. The molecule has 1 rings (SSSR count). The molecule has 0 fully saturated rings. The van der Waals surface area contributed by atoms with Gasteiger partial charge in [-0.2, -0.15) is 0 Å². The maximum Gasteiger partial charge on any atom is 0.146 e. The number of benzene rings is 1. The van der Waals surface area contributed by atoms with Crippen molar-refractivity contribution >= 4 is 5.69 Å². The molecule has 3 heteroatoms. The van der Waals surface area contributed by atoms with Gasteiger partial charge in [0, 0.05) is 19.1 Å². The highest BCUT2D eigenvalue weighted by molar-refractivity contribution is 5.56. The number of nitrogens with zero attached hydrogens (tertiary/aromatic N) is 1. The highest BCUT2D eigenvalue weighted by Gasteiger charge is 2.16. The molecule has 0 saturated carbocycles. The van der Waals surface area contributed by atoms with Crippen LogP contribution >= 0.6 is 0 Å². The van der Waals surface area contributed by atoms with Gasteiger partial charge in [0.1, 0.15) is 5.82 Å². The number of nitrogens with one attached hydrogen (secondary N) is 1. The van der Waals surface area contributed by atoms with Crippen molar-refractivity contribution in [3.05, 3.63) is 29.6 Å². The predicted octanol–water partition coefficient (Wildman–Crippen LogP) is 2.95. The van der Waals surface area contributed by atoms with Crippen LogP contribution in [0.4, 0.5) is 10.1 Å². The zero-order valence-electron chi connectivity index (χ0n) is 10.5. The van der Waals surface area contributed by atoms with Gasteiger partial charge in [-0.15, -0.1) is 0 Å². The molecule has 1 aromatic rings. The average molecular weight is 224 g/mol. The maximum atomic E-state index is 13.9. The van der Waals surface area contributed by atoms with E-state index in [1.807, 2.05) is 33.9 Å². The largest absolute Gasteiger partial charge is 0.369 e. The lowest BCUT2D eigenvalue weighted by Gasteiger charge is -2.26. The normalized spacial score (nSPS) is 12.6. The third-order valence-electron chi connectivity index (χ3n) is 3.00. The van der Waals surface area contributed by atoms with E-state index in [2.05, 4.69) is 10.2 Å². The number of para-hydroxylation sites is 1. The van der Waals surface area contributed by atoms with Crippen LogP contribution in [-0.4, -0.2) is 20.1 Å². The first kappa shape index (κ1) is 13.0. The van der Waals surface area contributed by atoms with Crippen LogP contribution in [0.3, 0.4) is 0 Å². The van der Waals surface area contributed by atoms with Crippen molar-refractivity contribution in [1.29, 1.82) is 0 Å². The Labute approximate surface area is 97.5 Å². The van der Waals surface area contributed by atoms with Crippen molar-refractivity contribution in [2.75, 3.05) is 25.0 Å². The molecule has 90 valence electrons. The molecule has 0 aromatic heterocycles. The van der Waals surface area contributed by atoms with Crippen molar-refractivity contribution in [3.8, 4) is 0 Å². The van der Waals surface area contributed by atoms with E-state index in [0.717, 1.165) is 24.3 Å². The summed E-state index contributed by atoms with van der Waals surface area (Å²) in [7, 11) is 1.89. The van der Waals surface area contributed by atoms with Gasteiger partial charge in [-0.1, -0.05) is 12.1 Å². The van der Waals surface area contributed by atoms with E-state index in [-0.39, 0.29) is 11.9 Å². The molecule has 1 aromatic carbocycles. The molecule has 0 aliphatic carbocycles. The summed E-state index contributed by atoms with van der Waals surface area (Å²) in [4.78, 5) is 2.05. The number of halogens is 1. The summed E-state index contributed by atoms with van der Waals surface area (Å²) in [6.45, 7) is 7.77. The van der Waals surface area contributed by atoms with E-state index in [9.17, 15) is 4.39 Å². The van der Waals surface area contributed by atoms with E-state index in [1.165, 1.54) is 6.07 Å². The van der Waals surface area contributed by atoms with Crippen LogP contribution in [0.25, 0.3) is 0 Å². The van der Waals surface area contributed by atoms with Crippen LogP contribution in [0.15, 0.2) is 18.2 Å². The maximum absolute atomic E-state index is 13.9. The zero-order valence-corrected chi connectivity index (χ0v) is 10.5. The van der Waals surface area contributed by atoms with Gasteiger partial charge in [0.15, 0.2) is 0 Å². The average Bonchev–Trinajstić information content (AvgIpc) is 2.31. The Hall–Kier alpha value is -1.09. The molecule has 0 spiro atoms. The number of anilines is 1. The highest BCUT2D eigenvalue weighted by atomic mass is 19.1. The fourth-order valence-corrected chi connectivity index (χ4v) is 1.91. The fourth-order valence-electron chi connectivity index (χ4n) is 1.91. The first-order chi connectivity index (χ1) is 7.65. The predicted molar refractivity (Wildman–Crippen MR) is 67.4 cm³/mol. The van der Waals surface area contributed by atoms with Gasteiger partial charge < -0.3 is 10.2 Å². The van der Waals surface area contributed by atoms with Crippen molar-refractivity contribution in [2.45, 2.75) is 26.8 Å². The summed E-state index contributed by atoms with van der Waals surface area (Å²) in [5.41, 5.74) is 1.75. The second-order valence-corrected chi connectivity index (χ2v) is 3.86. The van der Waals surface area contributed by atoms with Gasteiger partial charge in [0.2, 0.25) is 0 Å². The highest BCUT2D eigenvalue weighted by Crippen LogP contribution is 2.28. The van der Waals surface area contributed by atoms with E-state index in [0.29, 0.717) is 0 Å². The van der Waals surface area contributed by atoms with Gasteiger partial charge in [-0.25, -0.2) is 4.39 Å². The minimum Gasteiger partial charge on any atom is -0.369 e. The summed E-state index contributed by atoms with van der Waals surface area (Å²) >= 11 is 0. The molecule has 0 aliphatic rings. The second-order valence-electron chi connectivity index (χ2n) is 3.86. The Balaban J connectivity index is 3.22. The van der Waals surface area contributed by atoms with Crippen LogP contribution < -0.4 is 10.2 Å². The molecular weight excluding hydrogens is 203 g/mol. The van der Waals surface area contributed by atoms with Crippen molar-refractivity contribution in [1.82, 2.24) is 5.32 Å². The number of hydrogen-bond acceptors (Lipinski definition) is 2. The van der Waals surface area contributed by atoms with Crippen LogP contribution in [0.1, 0.15) is 32.4 Å². The topological polar surface area (TPSA) is 15.3 Å². The van der Waals surface area contributed by atoms with Gasteiger partial charge in [-0.3, -0.25) is 0 Å². The SMILES string of the molecule is CCN(CC)c1c(F)cccc1C(C)NC. The summed E-state index contributed by atoms with van der Waals surface area (Å²) < 4.78 is 13.9. The molecule has 0 amide bonds. The van der Waals surface area contributed by atoms with E-state index < -0.39 is 0 Å². The van der Waals surface area contributed by atoms with Crippen LogP contribution in [0, 0.1) is 5.82 Å². The first-order valence-electron chi connectivity index (χ1n) is 5.86. The van der Waals surface area contributed by atoms with Gasteiger partial charge >= 0.3 is 0 Å². The minimum absolute atomic E-state index is 0.136. The first-order valence-corrected chi connectivity index (χ1v) is 5.86. The molecule has 1 atom stereocenters. The second kappa shape index (κ2) is 5.85. The Morgan fingerprint density at radius 3 is 2.44 bits per heavy atom. The van der Waals surface area contributed by atoms with Gasteiger partial charge in [0.25, 0.3) is 0 Å². The van der Waals surface area contributed by atoms with Crippen LogP contribution in [0.5, 0.6) is 0 Å². The molecule has 0 radical (unpaired) electrons.